The zero-order chi connectivity index (χ0) is 9.80. The van der Waals surface area contributed by atoms with Gasteiger partial charge in [-0.05, 0) is 24.6 Å². The number of aromatic nitrogens is 2. The number of hydrogen-bond donors (Lipinski definition) is 2. The van der Waals surface area contributed by atoms with Crippen molar-refractivity contribution >= 4 is 23.1 Å². The monoisotopic (exact) mass is 210 g/mol. The van der Waals surface area contributed by atoms with Gasteiger partial charge in [-0.1, -0.05) is 13.3 Å². The van der Waals surface area contributed by atoms with Gasteiger partial charge < -0.3 is 4.18 Å². The van der Waals surface area contributed by atoms with Crippen LogP contribution in [0.3, 0.4) is 0 Å². The van der Waals surface area contributed by atoms with Crippen molar-refractivity contribution < 1.29 is 4.18 Å². The second-order valence-corrected chi connectivity index (χ2v) is 4.09. The molecule has 1 aromatic heterocycles. The Morgan fingerprint density at radius 3 is 2.79 bits per heavy atom. The van der Waals surface area contributed by atoms with E-state index in [1.165, 1.54) is 18.5 Å². The molecular weight excluding hydrogens is 196 g/mol. The molecule has 0 atom stereocenters. The fourth-order valence-corrected chi connectivity index (χ4v) is 1.80. The van der Waals surface area contributed by atoms with Crippen LogP contribution in [0, 0.1) is 0 Å². The van der Waals surface area contributed by atoms with E-state index in [1.54, 1.807) is 0 Å². The van der Waals surface area contributed by atoms with E-state index in [0.29, 0.717) is 0 Å². The van der Waals surface area contributed by atoms with Crippen LogP contribution in [0.2, 0.25) is 0 Å². The molecule has 2 rings (SSSR count). The number of unbranched alkanes of at least 4 members (excludes halogenated alkanes) is 1. The molecule has 0 unspecified atom stereocenters. The molecule has 4 heteroatoms. The lowest BCUT2D eigenvalue weighted by atomic mass is 10.3. The minimum Gasteiger partial charge on any atom is -0.310 e. The molecule has 3 nitrogen and oxygen atoms in total. The standard InChI is InChI=1S/C10H14N2OS/c1-2-3-6-13-14-8-4-5-9-10(7-8)12-11-9/h4-5,7,11-12H,2-3,6H2,1H3. The molecular formula is C10H14N2OS. The van der Waals surface area contributed by atoms with Gasteiger partial charge in [0.15, 0.2) is 0 Å². The van der Waals surface area contributed by atoms with Crippen LogP contribution < -0.4 is 0 Å². The summed E-state index contributed by atoms with van der Waals surface area (Å²) in [5, 5.41) is 6.00. The summed E-state index contributed by atoms with van der Waals surface area (Å²) in [6.45, 7) is 2.98. The molecule has 0 radical (unpaired) electrons. The Balaban J connectivity index is 1.86. The van der Waals surface area contributed by atoms with Crippen molar-refractivity contribution in [3.63, 3.8) is 0 Å². The Bertz CT molecular complexity index is 393. The smallest absolute Gasteiger partial charge is 0.0801 e. The van der Waals surface area contributed by atoms with Crippen LogP contribution in [0.5, 0.6) is 0 Å². The number of benzene rings is 1. The van der Waals surface area contributed by atoms with Gasteiger partial charge in [0.2, 0.25) is 0 Å². The average Bonchev–Trinajstić information content (AvgIpc) is 2.16. The molecule has 0 fully saturated rings. The highest BCUT2D eigenvalue weighted by molar-refractivity contribution is 7.94. The molecule has 0 saturated carbocycles. The minimum absolute atomic E-state index is 0.823. The fraction of sp³-hybridized carbons (Fsp3) is 0.400. The minimum atomic E-state index is 0.823. The lowest BCUT2D eigenvalue weighted by Crippen LogP contribution is -1.91. The fourth-order valence-electron chi connectivity index (χ4n) is 1.17. The first kappa shape index (κ1) is 9.68. The van der Waals surface area contributed by atoms with Crippen molar-refractivity contribution in [1.82, 2.24) is 10.2 Å². The Morgan fingerprint density at radius 1 is 1.29 bits per heavy atom. The Labute approximate surface area is 87.4 Å². The van der Waals surface area contributed by atoms with E-state index < -0.39 is 0 Å². The van der Waals surface area contributed by atoms with Gasteiger partial charge in [0.05, 0.1) is 17.6 Å². The van der Waals surface area contributed by atoms with Gasteiger partial charge in [-0.15, -0.1) is 0 Å². The molecule has 0 aliphatic carbocycles. The highest BCUT2D eigenvalue weighted by Gasteiger charge is 2.00. The molecule has 76 valence electrons. The molecule has 2 N–H and O–H groups in total. The average molecular weight is 210 g/mol. The van der Waals surface area contributed by atoms with Gasteiger partial charge in [0, 0.05) is 16.9 Å². The maximum atomic E-state index is 5.45. The van der Waals surface area contributed by atoms with Crippen LogP contribution >= 0.6 is 12.0 Å². The molecule has 0 saturated heterocycles. The highest BCUT2D eigenvalue weighted by atomic mass is 32.2. The lowest BCUT2D eigenvalue weighted by Gasteiger charge is -2.06. The maximum absolute atomic E-state index is 5.45. The summed E-state index contributed by atoms with van der Waals surface area (Å²) in [5.41, 5.74) is 2.30. The molecule has 0 spiro atoms. The van der Waals surface area contributed by atoms with Gasteiger partial charge in [-0.25, -0.2) is 0 Å². The lowest BCUT2D eigenvalue weighted by molar-refractivity contribution is 0.362. The summed E-state index contributed by atoms with van der Waals surface area (Å²) in [4.78, 5) is 1.15. The van der Waals surface area contributed by atoms with E-state index >= 15 is 0 Å². The van der Waals surface area contributed by atoms with Crippen LogP contribution in [0.1, 0.15) is 19.8 Å². The van der Waals surface area contributed by atoms with Crippen LogP contribution in [0.15, 0.2) is 23.1 Å². The third kappa shape index (κ3) is 2.13. The number of nitrogens with one attached hydrogen (secondary N) is 2. The van der Waals surface area contributed by atoms with Gasteiger partial charge in [-0.3, -0.25) is 10.2 Å². The van der Waals surface area contributed by atoms with E-state index in [2.05, 4.69) is 35.3 Å². The number of hydrogen-bond acceptors (Lipinski definition) is 2. The van der Waals surface area contributed by atoms with E-state index in [9.17, 15) is 0 Å². The van der Waals surface area contributed by atoms with Gasteiger partial charge in [0.1, 0.15) is 0 Å². The largest absolute Gasteiger partial charge is 0.310 e. The number of aromatic amines is 2. The molecule has 1 aromatic carbocycles. The Hall–Kier alpha value is -0.870. The summed E-state index contributed by atoms with van der Waals surface area (Å²) in [5.74, 6) is 0. The third-order valence-corrected chi connectivity index (χ3v) is 2.79. The van der Waals surface area contributed by atoms with Gasteiger partial charge in [-0.2, -0.15) is 0 Å². The highest BCUT2D eigenvalue weighted by Crippen LogP contribution is 2.23. The number of fused-ring (bicyclic) bond motifs is 1. The van der Waals surface area contributed by atoms with Crippen LogP contribution in [-0.2, 0) is 4.18 Å². The van der Waals surface area contributed by atoms with Crippen molar-refractivity contribution in [3.8, 4) is 0 Å². The van der Waals surface area contributed by atoms with Crippen LogP contribution in [-0.4, -0.2) is 16.8 Å². The molecule has 0 amide bonds. The Kier molecular flexibility index (Phi) is 3.16. The summed E-state index contributed by atoms with van der Waals surface area (Å²) in [6.07, 6.45) is 2.30. The van der Waals surface area contributed by atoms with Crippen LogP contribution in [0.25, 0.3) is 11.0 Å². The first-order valence-electron chi connectivity index (χ1n) is 4.85. The van der Waals surface area contributed by atoms with E-state index in [0.717, 1.165) is 29.0 Å². The van der Waals surface area contributed by atoms with Crippen LogP contribution in [0.4, 0.5) is 0 Å². The predicted octanol–water partition coefficient (Wildman–Crippen LogP) is 3.32. The Morgan fingerprint density at radius 2 is 2.14 bits per heavy atom. The van der Waals surface area contributed by atoms with Crippen molar-refractivity contribution in [2.75, 3.05) is 6.61 Å². The van der Waals surface area contributed by atoms with Crippen molar-refractivity contribution in [2.45, 2.75) is 24.7 Å². The van der Waals surface area contributed by atoms with E-state index in [4.69, 9.17) is 4.18 Å². The maximum Gasteiger partial charge on any atom is 0.0801 e. The zero-order valence-corrected chi connectivity index (χ0v) is 8.99. The summed E-state index contributed by atoms with van der Waals surface area (Å²) < 4.78 is 5.45. The summed E-state index contributed by atoms with van der Waals surface area (Å²) in [6, 6.07) is 6.20. The second-order valence-electron chi connectivity index (χ2n) is 3.22. The quantitative estimate of drug-likeness (QED) is 0.587. The van der Waals surface area contributed by atoms with Gasteiger partial charge >= 0.3 is 0 Å². The molecule has 1 heterocycles. The second kappa shape index (κ2) is 4.57. The molecule has 14 heavy (non-hydrogen) atoms. The summed E-state index contributed by atoms with van der Waals surface area (Å²) in [7, 11) is 0. The predicted molar refractivity (Wildman–Crippen MR) is 59.4 cm³/mol. The summed E-state index contributed by atoms with van der Waals surface area (Å²) >= 11 is 1.45. The number of H-pyrrole nitrogens is 2. The SMILES string of the molecule is CCCCOSc1ccc2[nH][nH]c2c1. The van der Waals surface area contributed by atoms with Crippen molar-refractivity contribution in [1.29, 1.82) is 0 Å². The van der Waals surface area contributed by atoms with Crippen molar-refractivity contribution in [2.24, 2.45) is 0 Å². The third-order valence-electron chi connectivity index (χ3n) is 2.06. The number of rotatable bonds is 5. The first-order chi connectivity index (χ1) is 6.90. The van der Waals surface area contributed by atoms with E-state index in [-0.39, 0.29) is 0 Å². The molecule has 0 aliphatic rings. The zero-order valence-electron chi connectivity index (χ0n) is 8.17. The van der Waals surface area contributed by atoms with Crippen molar-refractivity contribution in [3.05, 3.63) is 18.2 Å². The molecule has 2 aromatic rings. The molecule has 0 bridgehead atoms. The van der Waals surface area contributed by atoms with E-state index in [1.807, 2.05) is 0 Å². The topological polar surface area (TPSA) is 40.8 Å². The van der Waals surface area contributed by atoms with Gasteiger partial charge in [0.25, 0.3) is 0 Å². The normalized spacial score (nSPS) is 11.2. The first-order valence-corrected chi connectivity index (χ1v) is 5.60. The molecule has 0 aliphatic heterocycles.